The number of halogens is 3. The van der Waals surface area contributed by atoms with Crippen molar-refractivity contribution in [2.45, 2.75) is 24.9 Å². The predicted octanol–water partition coefficient (Wildman–Crippen LogP) is 3.14. The van der Waals surface area contributed by atoms with Crippen LogP contribution in [0, 0.1) is 0 Å². The number of nitrogens with two attached hydrogens (primary N) is 1. The molecule has 1 aromatic carbocycles. The van der Waals surface area contributed by atoms with E-state index in [1.807, 2.05) is 0 Å². The molecule has 1 aliphatic heterocycles. The van der Waals surface area contributed by atoms with Crippen molar-refractivity contribution in [2.24, 2.45) is 7.05 Å². The van der Waals surface area contributed by atoms with E-state index in [-0.39, 0.29) is 23.5 Å². The van der Waals surface area contributed by atoms with Crippen LogP contribution in [0.15, 0.2) is 36.7 Å². The number of aryl methyl sites for hydroxylation is 1. The third kappa shape index (κ3) is 3.52. The highest BCUT2D eigenvalue weighted by atomic mass is 19.4. The van der Waals surface area contributed by atoms with E-state index < -0.39 is 12.4 Å². The second-order valence-electron chi connectivity index (χ2n) is 8.58. The number of ether oxygens (including phenoxy) is 2. The lowest BCUT2D eigenvalue weighted by atomic mass is 10.0. The molecule has 0 spiro atoms. The first-order valence-electron chi connectivity index (χ1n) is 10.9. The molecular weight excluding hydrogens is 465 g/mol. The fourth-order valence-electron chi connectivity index (χ4n) is 5.09. The van der Waals surface area contributed by atoms with E-state index in [0.29, 0.717) is 47.2 Å². The number of pyridine rings is 2. The summed E-state index contributed by atoms with van der Waals surface area (Å²) in [6.07, 6.45) is -1.64. The molecule has 1 amide bonds. The number of nitrogen functional groups attached to an aromatic ring is 1. The van der Waals surface area contributed by atoms with Crippen LogP contribution < -0.4 is 10.5 Å². The zero-order valence-corrected chi connectivity index (χ0v) is 18.4. The van der Waals surface area contributed by atoms with Gasteiger partial charge in [-0.05, 0) is 29.3 Å². The quantitative estimate of drug-likeness (QED) is 0.466. The number of fused-ring (bicyclic) bond motifs is 6. The van der Waals surface area contributed by atoms with Gasteiger partial charge in [0.1, 0.15) is 17.3 Å². The first kappa shape index (κ1) is 21.6. The minimum absolute atomic E-state index is 0.220. The standard InChI is InChI=1S/C23H19F3N6O3/c1-31-19-14-8-16(28-10-17(14)30-21(27)15(19)9-29-31)22(33)32-4-5-34-18-7-11-6-12(35-23(24,25)26)2-3-13(11)20(18)32/h2-3,6,8-10,18,20H,4-5,7H2,1H3,(H2,27,30)/t18-,20+/m1/s1. The van der Waals surface area contributed by atoms with Gasteiger partial charge >= 0.3 is 6.36 Å². The molecule has 0 bridgehead atoms. The molecule has 6 rings (SSSR count). The van der Waals surface area contributed by atoms with Crippen LogP contribution in [0.1, 0.15) is 27.7 Å². The lowest BCUT2D eigenvalue weighted by Crippen LogP contribution is -2.46. The van der Waals surface area contributed by atoms with Crippen molar-refractivity contribution in [2.75, 3.05) is 18.9 Å². The van der Waals surface area contributed by atoms with Gasteiger partial charge in [0, 0.05) is 25.4 Å². The van der Waals surface area contributed by atoms with Gasteiger partial charge in [-0.1, -0.05) is 6.07 Å². The molecule has 1 saturated heterocycles. The summed E-state index contributed by atoms with van der Waals surface area (Å²) < 4.78 is 49.6. The van der Waals surface area contributed by atoms with Gasteiger partial charge in [0.05, 0.1) is 47.6 Å². The summed E-state index contributed by atoms with van der Waals surface area (Å²) in [5.74, 6) is -0.273. The van der Waals surface area contributed by atoms with Crippen LogP contribution in [0.2, 0.25) is 0 Å². The molecule has 0 saturated carbocycles. The Morgan fingerprint density at radius 3 is 2.86 bits per heavy atom. The van der Waals surface area contributed by atoms with Crippen molar-refractivity contribution < 1.29 is 27.4 Å². The van der Waals surface area contributed by atoms with Crippen molar-refractivity contribution in [1.29, 1.82) is 0 Å². The summed E-state index contributed by atoms with van der Waals surface area (Å²) in [7, 11) is 1.78. The number of alkyl halides is 3. The maximum absolute atomic E-state index is 13.6. The Balaban J connectivity index is 1.38. The lowest BCUT2D eigenvalue weighted by Gasteiger charge is -2.38. The van der Waals surface area contributed by atoms with E-state index in [2.05, 4.69) is 19.8 Å². The summed E-state index contributed by atoms with van der Waals surface area (Å²) in [4.78, 5) is 24.0. The normalized spacial score (nSPS) is 19.7. The number of nitrogens with zero attached hydrogens (tertiary/aromatic N) is 5. The first-order chi connectivity index (χ1) is 16.7. The van der Waals surface area contributed by atoms with Crippen LogP contribution >= 0.6 is 0 Å². The van der Waals surface area contributed by atoms with Gasteiger partial charge < -0.3 is 20.1 Å². The molecule has 9 nitrogen and oxygen atoms in total. The topological polar surface area (TPSA) is 108 Å². The van der Waals surface area contributed by atoms with E-state index >= 15 is 0 Å². The van der Waals surface area contributed by atoms with Gasteiger partial charge in [0.2, 0.25) is 0 Å². The fourth-order valence-corrected chi connectivity index (χ4v) is 5.09. The highest BCUT2D eigenvalue weighted by Gasteiger charge is 2.43. The molecule has 35 heavy (non-hydrogen) atoms. The minimum Gasteiger partial charge on any atom is -0.406 e. The number of aromatic nitrogens is 4. The van der Waals surface area contributed by atoms with Gasteiger partial charge in [-0.15, -0.1) is 13.2 Å². The monoisotopic (exact) mass is 484 g/mol. The third-order valence-electron chi connectivity index (χ3n) is 6.51. The maximum Gasteiger partial charge on any atom is 0.573 e. The molecule has 4 heterocycles. The summed E-state index contributed by atoms with van der Waals surface area (Å²) in [5, 5.41) is 5.62. The minimum atomic E-state index is -4.78. The first-order valence-corrected chi connectivity index (χ1v) is 10.9. The second-order valence-corrected chi connectivity index (χ2v) is 8.58. The van der Waals surface area contributed by atoms with Crippen molar-refractivity contribution >= 4 is 33.5 Å². The number of hydrogen-bond acceptors (Lipinski definition) is 7. The number of benzene rings is 1. The average Bonchev–Trinajstić information content (AvgIpc) is 3.38. The molecule has 2 atom stereocenters. The van der Waals surface area contributed by atoms with E-state index in [0.717, 1.165) is 11.1 Å². The Morgan fingerprint density at radius 2 is 2.06 bits per heavy atom. The molecule has 3 aromatic heterocycles. The predicted molar refractivity (Wildman–Crippen MR) is 119 cm³/mol. The van der Waals surface area contributed by atoms with Crippen LogP contribution in [0.3, 0.4) is 0 Å². The highest BCUT2D eigenvalue weighted by molar-refractivity contribution is 6.09. The van der Waals surface area contributed by atoms with Crippen molar-refractivity contribution in [3.05, 3.63) is 53.5 Å². The molecule has 0 radical (unpaired) electrons. The Kier molecular flexibility index (Phi) is 4.65. The smallest absolute Gasteiger partial charge is 0.406 e. The molecule has 12 heteroatoms. The Hall–Kier alpha value is -3.93. The van der Waals surface area contributed by atoms with Crippen molar-refractivity contribution in [3.63, 3.8) is 0 Å². The molecule has 1 aliphatic carbocycles. The van der Waals surface area contributed by atoms with E-state index in [1.54, 1.807) is 35.0 Å². The number of hydrogen-bond donors (Lipinski definition) is 1. The van der Waals surface area contributed by atoms with Crippen LogP contribution in [0.4, 0.5) is 19.0 Å². The number of carbonyl (C=O) groups is 1. The molecule has 2 N–H and O–H groups in total. The average molecular weight is 484 g/mol. The number of amides is 1. The fraction of sp³-hybridized carbons (Fsp3) is 0.304. The summed E-state index contributed by atoms with van der Waals surface area (Å²) in [6.45, 7) is 0.630. The highest BCUT2D eigenvalue weighted by Crippen LogP contribution is 2.42. The number of rotatable bonds is 2. The van der Waals surface area contributed by atoms with Crippen LogP contribution in [0.25, 0.3) is 21.8 Å². The summed E-state index contributed by atoms with van der Waals surface area (Å²) in [6, 6.07) is 5.42. The maximum atomic E-state index is 13.6. The van der Waals surface area contributed by atoms with Crippen LogP contribution in [0.5, 0.6) is 5.75 Å². The third-order valence-corrected chi connectivity index (χ3v) is 6.51. The van der Waals surface area contributed by atoms with Crippen LogP contribution in [-0.2, 0) is 18.2 Å². The molecule has 180 valence electrons. The molecule has 1 fully saturated rings. The molecule has 4 aromatic rings. The van der Waals surface area contributed by atoms with E-state index in [9.17, 15) is 18.0 Å². The van der Waals surface area contributed by atoms with Crippen LogP contribution in [-0.4, -0.2) is 56.2 Å². The molecular formula is C23H19F3N6O3. The van der Waals surface area contributed by atoms with Gasteiger partial charge in [-0.2, -0.15) is 5.10 Å². The van der Waals surface area contributed by atoms with Gasteiger partial charge in [0.15, 0.2) is 0 Å². The summed E-state index contributed by atoms with van der Waals surface area (Å²) in [5.41, 5.74) is 8.94. The Morgan fingerprint density at radius 1 is 1.23 bits per heavy atom. The SMILES string of the molecule is Cn1ncc2c(N)nc3cnc(C(=O)N4CCO[C@@H]5Cc6cc(OC(F)(F)F)ccc6[C@@H]54)cc3c21. The van der Waals surface area contributed by atoms with E-state index in [4.69, 9.17) is 10.5 Å². The second kappa shape index (κ2) is 7.54. The van der Waals surface area contributed by atoms with Gasteiger partial charge in [0.25, 0.3) is 5.91 Å². The zero-order chi connectivity index (χ0) is 24.5. The largest absolute Gasteiger partial charge is 0.573 e. The Bertz CT molecular complexity index is 1500. The van der Waals surface area contributed by atoms with E-state index in [1.165, 1.54) is 18.3 Å². The summed E-state index contributed by atoms with van der Waals surface area (Å²) >= 11 is 0. The number of anilines is 1. The lowest BCUT2D eigenvalue weighted by molar-refractivity contribution is -0.274. The van der Waals surface area contributed by atoms with Gasteiger partial charge in [-0.3, -0.25) is 9.48 Å². The number of carbonyl (C=O) groups excluding carboxylic acids is 1. The van der Waals surface area contributed by atoms with Gasteiger partial charge in [-0.25, -0.2) is 9.97 Å². The molecule has 0 unspecified atom stereocenters. The van der Waals surface area contributed by atoms with Crippen molar-refractivity contribution in [1.82, 2.24) is 24.6 Å². The number of morpholine rings is 1. The molecule has 2 aliphatic rings. The van der Waals surface area contributed by atoms with Crippen molar-refractivity contribution in [3.8, 4) is 5.75 Å². The Labute approximate surface area is 196 Å². The zero-order valence-electron chi connectivity index (χ0n) is 18.4.